The molecule has 8 heteroatoms. The molecule has 1 atom stereocenters. The van der Waals surface area contributed by atoms with Gasteiger partial charge in [0, 0.05) is 43.6 Å². The van der Waals surface area contributed by atoms with Gasteiger partial charge in [0.25, 0.3) is 5.89 Å². The third-order valence-electron chi connectivity index (χ3n) is 4.60. The molecule has 1 aliphatic rings. The van der Waals surface area contributed by atoms with E-state index < -0.39 is 0 Å². The minimum atomic E-state index is -0.338. The number of nitrogens with zero attached hydrogens (tertiary/aromatic N) is 4. The van der Waals surface area contributed by atoms with Crippen LogP contribution in [-0.4, -0.2) is 66.0 Å². The molecule has 0 aromatic carbocycles. The van der Waals surface area contributed by atoms with Gasteiger partial charge >= 0.3 is 0 Å². The van der Waals surface area contributed by atoms with Crippen LogP contribution in [0.5, 0.6) is 0 Å². The molecule has 1 unspecified atom stereocenters. The molecule has 26 heavy (non-hydrogen) atoms. The molecule has 1 fully saturated rings. The number of pyridine rings is 1. The molecule has 0 spiro atoms. The molecule has 0 radical (unpaired) electrons. The Morgan fingerprint density at radius 3 is 2.92 bits per heavy atom. The van der Waals surface area contributed by atoms with E-state index >= 15 is 0 Å². The van der Waals surface area contributed by atoms with Gasteiger partial charge in [-0.05, 0) is 25.0 Å². The van der Waals surface area contributed by atoms with Crippen LogP contribution in [0.2, 0.25) is 0 Å². The number of piperidine rings is 1. The molecule has 1 aliphatic heterocycles. The highest BCUT2D eigenvalue weighted by molar-refractivity contribution is 5.77. The first-order valence-electron chi connectivity index (χ1n) is 8.71. The van der Waals surface area contributed by atoms with Crippen LogP contribution in [0.15, 0.2) is 29.0 Å². The summed E-state index contributed by atoms with van der Waals surface area (Å²) in [4.78, 5) is 22.8. The lowest BCUT2D eigenvalue weighted by atomic mass is 9.81. The number of carbonyl (C=O) groups excluding carboxylic acids is 1. The topological polar surface area (TPSA) is 90.6 Å². The van der Waals surface area contributed by atoms with Gasteiger partial charge in [0.05, 0.1) is 13.2 Å². The summed E-state index contributed by atoms with van der Waals surface area (Å²) in [5.41, 5.74) is 0.493. The number of hydrogen-bond acceptors (Lipinski definition) is 7. The Balaban J connectivity index is 1.66. The standard InChI is InChI=1S/C18H24N4O4/c1-18(17-20-16(26-21-17)14-4-7-19-8-5-14)6-3-9-22(13-18)15(23)12-25-11-10-24-2/h4-5,7-8H,3,6,9-13H2,1-2H3. The fourth-order valence-electron chi connectivity index (χ4n) is 3.11. The minimum absolute atomic E-state index is 0.0233. The van der Waals surface area contributed by atoms with Crippen molar-refractivity contribution in [3.05, 3.63) is 30.4 Å². The van der Waals surface area contributed by atoms with Crippen LogP contribution in [0.1, 0.15) is 25.6 Å². The summed E-state index contributed by atoms with van der Waals surface area (Å²) in [6.07, 6.45) is 5.16. The Kier molecular flexibility index (Phi) is 5.95. The summed E-state index contributed by atoms with van der Waals surface area (Å²) in [5.74, 6) is 1.07. The monoisotopic (exact) mass is 360 g/mol. The van der Waals surface area contributed by atoms with Gasteiger partial charge < -0.3 is 18.9 Å². The van der Waals surface area contributed by atoms with Gasteiger partial charge in [0.15, 0.2) is 5.82 Å². The van der Waals surface area contributed by atoms with Crippen molar-refractivity contribution < 1.29 is 18.8 Å². The van der Waals surface area contributed by atoms with E-state index in [1.54, 1.807) is 19.5 Å². The van der Waals surface area contributed by atoms with E-state index in [9.17, 15) is 4.79 Å². The molecule has 0 bridgehead atoms. The van der Waals surface area contributed by atoms with Crippen molar-refractivity contribution in [3.63, 3.8) is 0 Å². The second-order valence-corrected chi connectivity index (χ2v) is 6.68. The third kappa shape index (κ3) is 4.25. The lowest BCUT2D eigenvalue weighted by Gasteiger charge is -2.38. The van der Waals surface area contributed by atoms with E-state index in [0.717, 1.165) is 24.9 Å². The van der Waals surface area contributed by atoms with Crippen molar-refractivity contribution in [2.75, 3.05) is 40.0 Å². The zero-order chi connectivity index (χ0) is 18.4. The number of methoxy groups -OCH3 is 1. The number of hydrogen-bond donors (Lipinski definition) is 0. The summed E-state index contributed by atoms with van der Waals surface area (Å²) in [5, 5.41) is 4.18. The molecule has 1 amide bonds. The molecule has 0 N–H and O–H groups in total. The average Bonchev–Trinajstić information content (AvgIpc) is 3.17. The first kappa shape index (κ1) is 18.5. The van der Waals surface area contributed by atoms with Crippen LogP contribution in [0.3, 0.4) is 0 Å². The number of likely N-dealkylation sites (tertiary alicyclic amines) is 1. The Morgan fingerprint density at radius 1 is 1.35 bits per heavy atom. The van der Waals surface area contributed by atoms with E-state index in [1.807, 2.05) is 17.0 Å². The van der Waals surface area contributed by atoms with Gasteiger partial charge in [-0.15, -0.1) is 0 Å². The second kappa shape index (κ2) is 8.37. The number of aromatic nitrogens is 3. The van der Waals surface area contributed by atoms with Crippen LogP contribution in [0.4, 0.5) is 0 Å². The number of carbonyl (C=O) groups is 1. The predicted octanol–water partition coefficient (Wildman–Crippen LogP) is 1.67. The fourth-order valence-corrected chi connectivity index (χ4v) is 3.11. The highest BCUT2D eigenvalue weighted by atomic mass is 16.5. The van der Waals surface area contributed by atoms with E-state index in [2.05, 4.69) is 22.0 Å². The highest BCUT2D eigenvalue weighted by Crippen LogP contribution is 2.33. The molecular formula is C18H24N4O4. The van der Waals surface area contributed by atoms with E-state index in [0.29, 0.717) is 31.5 Å². The quantitative estimate of drug-likeness (QED) is 0.694. The molecule has 140 valence electrons. The maximum atomic E-state index is 12.4. The maximum Gasteiger partial charge on any atom is 0.258 e. The molecule has 0 aliphatic carbocycles. The Morgan fingerprint density at radius 2 is 2.15 bits per heavy atom. The normalized spacial score (nSPS) is 20.3. The third-order valence-corrected chi connectivity index (χ3v) is 4.60. The van der Waals surface area contributed by atoms with Crippen LogP contribution in [0.25, 0.3) is 11.5 Å². The largest absolute Gasteiger partial charge is 0.382 e. The van der Waals surface area contributed by atoms with Gasteiger partial charge in [-0.2, -0.15) is 4.98 Å². The lowest BCUT2D eigenvalue weighted by Crippen LogP contribution is -2.48. The van der Waals surface area contributed by atoms with Crippen molar-refractivity contribution in [1.82, 2.24) is 20.0 Å². The molecule has 8 nitrogen and oxygen atoms in total. The van der Waals surface area contributed by atoms with E-state index in [-0.39, 0.29) is 17.9 Å². The molecule has 1 saturated heterocycles. The number of ether oxygens (including phenoxy) is 2. The Labute approximate surface area is 152 Å². The number of amides is 1. The molecular weight excluding hydrogens is 336 g/mol. The lowest BCUT2D eigenvalue weighted by molar-refractivity contribution is -0.138. The SMILES string of the molecule is COCCOCC(=O)N1CCCC(C)(c2noc(-c3ccncc3)n2)C1. The average molecular weight is 360 g/mol. The van der Waals surface area contributed by atoms with Crippen LogP contribution in [-0.2, 0) is 19.7 Å². The second-order valence-electron chi connectivity index (χ2n) is 6.68. The zero-order valence-corrected chi connectivity index (χ0v) is 15.2. The minimum Gasteiger partial charge on any atom is -0.382 e. The summed E-state index contributed by atoms with van der Waals surface area (Å²) < 4.78 is 15.7. The van der Waals surface area contributed by atoms with E-state index in [1.165, 1.54) is 0 Å². The summed E-state index contributed by atoms with van der Waals surface area (Å²) in [6, 6.07) is 3.65. The smallest absolute Gasteiger partial charge is 0.258 e. The van der Waals surface area contributed by atoms with Crippen LogP contribution >= 0.6 is 0 Å². The van der Waals surface area contributed by atoms with Crippen molar-refractivity contribution in [2.24, 2.45) is 0 Å². The summed E-state index contributed by atoms with van der Waals surface area (Å²) in [7, 11) is 1.60. The van der Waals surface area contributed by atoms with Gasteiger partial charge in [0.1, 0.15) is 6.61 Å². The Bertz CT molecular complexity index is 721. The van der Waals surface area contributed by atoms with E-state index in [4.69, 9.17) is 14.0 Å². The summed E-state index contributed by atoms with van der Waals surface area (Å²) >= 11 is 0. The molecule has 2 aromatic heterocycles. The van der Waals surface area contributed by atoms with Crippen molar-refractivity contribution in [1.29, 1.82) is 0 Å². The first-order valence-corrected chi connectivity index (χ1v) is 8.71. The van der Waals surface area contributed by atoms with Crippen LogP contribution < -0.4 is 0 Å². The van der Waals surface area contributed by atoms with Crippen molar-refractivity contribution in [3.8, 4) is 11.5 Å². The zero-order valence-electron chi connectivity index (χ0n) is 15.2. The van der Waals surface area contributed by atoms with Gasteiger partial charge in [0.2, 0.25) is 5.91 Å². The van der Waals surface area contributed by atoms with Gasteiger partial charge in [-0.25, -0.2) is 0 Å². The van der Waals surface area contributed by atoms with Crippen molar-refractivity contribution >= 4 is 5.91 Å². The molecule has 3 heterocycles. The van der Waals surface area contributed by atoms with Gasteiger partial charge in [-0.1, -0.05) is 12.1 Å². The number of rotatable bonds is 7. The molecule has 3 rings (SSSR count). The predicted molar refractivity (Wildman–Crippen MR) is 93.4 cm³/mol. The maximum absolute atomic E-state index is 12.4. The first-order chi connectivity index (χ1) is 12.6. The Hall–Kier alpha value is -2.32. The van der Waals surface area contributed by atoms with Crippen LogP contribution in [0, 0.1) is 0 Å². The van der Waals surface area contributed by atoms with Gasteiger partial charge in [-0.3, -0.25) is 9.78 Å². The summed E-state index contributed by atoms with van der Waals surface area (Å²) in [6.45, 7) is 4.29. The highest BCUT2D eigenvalue weighted by Gasteiger charge is 2.38. The molecule has 0 saturated carbocycles. The van der Waals surface area contributed by atoms with Crippen molar-refractivity contribution in [2.45, 2.75) is 25.2 Å². The molecule has 2 aromatic rings. The fraction of sp³-hybridized carbons (Fsp3) is 0.556.